The number of piperidine rings is 1. The van der Waals surface area contributed by atoms with Gasteiger partial charge in [0, 0.05) is 29.9 Å². The third-order valence-electron chi connectivity index (χ3n) is 5.65. The second-order valence-electron chi connectivity index (χ2n) is 7.64. The number of fused-ring (bicyclic) bond motifs is 2. The zero-order chi connectivity index (χ0) is 21.3. The van der Waals surface area contributed by atoms with Crippen molar-refractivity contribution in [3.8, 4) is 11.5 Å². The van der Waals surface area contributed by atoms with Gasteiger partial charge in [0.2, 0.25) is 0 Å². The van der Waals surface area contributed by atoms with Crippen LogP contribution in [0.15, 0.2) is 42.5 Å². The highest BCUT2D eigenvalue weighted by Crippen LogP contribution is 2.37. The number of nitrogens with zero attached hydrogens (tertiary/aromatic N) is 1. The highest BCUT2D eigenvalue weighted by molar-refractivity contribution is 6.31. The number of primary amides is 1. The minimum atomic E-state index is -0.668. The second kappa shape index (κ2) is 8.52. The highest BCUT2D eigenvalue weighted by Gasteiger charge is 2.44. The van der Waals surface area contributed by atoms with Crippen LogP contribution in [-0.2, 0) is 4.79 Å². The second-order valence-corrected chi connectivity index (χ2v) is 8.08. The topological polar surface area (TPSA) is 81.9 Å². The zero-order valence-corrected chi connectivity index (χ0v) is 17.0. The molecule has 0 aromatic heterocycles. The van der Waals surface area contributed by atoms with E-state index in [2.05, 4.69) is 0 Å². The Balaban J connectivity index is 1.37. The molecular weight excluding hydrogens is 411 g/mol. The molecule has 0 aliphatic carbocycles. The van der Waals surface area contributed by atoms with Crippen molar-refractivity contribution in [1.82, 2.24) is 4.90 Å². The minimum absolute atomic E-state index is 0.0179. The molecule has 1 unspecified atom stereocenters. The summed E-state index contributed by atoms with van der Waals surface area (Å²) in [6.45, 7) is -0.182. The molecule has 2 N–H and O–H groups in total. The lowest BCUT2D eigenvalue weighted by atomic mass is 9.99. The Morgan fingerprint density at radius 2 is 1.77 bits per heavy atom. The van der Waals surface area contributed by atoms with E-state index in [1.54, 1.807) is 18.2 Å². The Hall–Kier alpha value is -2.80. The maximum Gasteiger partial charge on any atom is 0.261 e. The van der Waals surface area contributed by atoms with Crippen LogP contribution in [0.5, 0.6) is 11.5 Å². The van der Waals surface area contributed by atoms with E-state index in [-0.39, 0.29) is 47.8 Å². The smallest absolute Gasteiger partial charge is 0.261 e. The maximum absolute atomic E-state index is 13.1. The first-order chi connectivity index (χ1) is 14.4. The first-order valence-corrected chi connectivity index (χ1v) is 10.2. The first kappa shape index (κ1) is 20.5. The molecule has 8 heteroatoms. The molecule has 0 radical (unpaired) electrons. The van der Waals surface area contributed by atoms with E-state index < -0.39 is 5.91 Å². The number of carbonyl (C=O) groups is 2. The molecule has 2 saturated heterocycles. The summed E-state index contributed by atoms with van der Waals surface area (Å²) in [6.07, 6.45) is 3.23. The van der Waals surface area contributed by atoms with Gasteiger partial charge in [-0.2, -0.15) is 0 Å². The van der Waals surface area contributed by atoms with E-state index in [4.69, 9.17) is 26.8 Å². The fourth-order valence-electron chi connectivity index (χ4n) is 4.37. The lowest BCUT2D eigenvalue weighted by molar-refractivity contribution is -0.139. The summed E-state index contributed by atoms with van der Waals surface area (Å²) in [7, 11) is 0. The van der Waals surface area contributed by atoms with Crippen molar-refractivity contribution < 1.29 is 23.5 Å². The molecule has 0 saturated carbocycles. The fourth-order valence-corrected chi connectivity index (χ4v) is 4.54. The van der Waals surface area contributed by atoms with Crippen LogP contribution in [0.1, 0.15) is 36.0 Å². The maximum atomic E-state index is 13.1. The van der Waals surface area contributed by atoms with Crippen LogP contribution in [0, 0.1) is 5.82 Å². The third kappa shape index (κ3) is 4.36. The number of nitrogens with two attached hydrogens (primary N) is 1. The highest BCUT2D eigenvalue weighted by atomic mass is 35.5. The lowest BCUT2D eigenvalue weighted by Crippen LogP contribution is -2.50. The van der Waals surface area contributed by atoms with E-state index in [0.29, 0.717) is 23.6 Å². The number of amides is 2. The Morgan fingerprint density at radius 3 is 2.40 bits per heavy atom. The molecule has 2 heterocycles. The Morgan fingerprint density at radius 1 is 1.10 bits per heavy atom. The van der Waals surface area contributed by atoms with E-state index in [9.17, 15) is 14.0 Å². The van der Waals surface area contributed by atoms with Crippen molar-refractivity contribution in [3.05, 3.63) is 58.9 Å². The Labute approximate surface area is 178 Å². The van der Waals surface area contributed by atoms with Crippen LogP contribution in [0.3, 0.4) is 0 Å². The fraction of sp³-hybridized carbons (Fsp3) is 0.364. The Kier molecular flexibility index (Phi) is 5.81. The number of hydrogen-bond acceptors (Lipinski definition) is 4. The summed E-state index contributed by atoms with van der Waals surface area (Å²) in [5.74, 6) is -0.234. The van der Waals surface area contributed by atoms with E-state index >= 15 is 0 Å². The number of carbonyl (C=O) groups excluding carboxylic acids is 2. The summed E-state index contributed by atoms with van der Waals surface area (Å²) in [5.41, 5.74) is 5.51. The normalized spacial score (nSPS) is 22.6. The van der Waals surface area contributed by atoms with Gasteiger partial charge in [0.15, 0.2) is 6.61 Å². The molecule has 0 spiro atoms. The number of ether oxygens (including phenoxy) is 2. The van der Waals surface area contributed by atoms with Gasteiger partial charge >= 0.3 is 0 Å². The van der Waals surface area contributed by atoms with Crippen molar-refractivity contribution in [2.45, 2.75) is 43.9 Å². The SMILES string of the molecule is NC(=O)c1cc(Cl)ccc1OCC(=O)N1[C@@H]2CC[C@H]1CC(Oc1ccc(F)cc1)C2. The first-order valence-electron chi connectivity index (χ1n) is 9.86. The van der Waals surface area contributed by atoms with Crippen LogP contribution < -0.4 is 15.2 Å². The van der Waals surface area contributed by atoms with Crippen LogP contribution >= 0.6 is 11.6 Å². The molecule has 2 aliphatic rings. The summed E-state index contributed by atoms with van der Waals surface area (Å²) < 4.78 is 24.7. The summed E-state index contributed by atoms with van der Waals surface area (Å²) in [5, 5.41) is 0.365. The van der Waals surface area contributed by atoms with E-state index in [0.717, 1.165) is 12.8 Å². The van der Waals surface area contributed by atoms with Gasteiger partial charge in [0.25, 0.3) is 11.8 Å². The molecule has 3 atom stereocenters. The molecule has 2 aromatic carbocycles. The standard InChI is InChI=1S/C22H22ClFN2O4/c23-13-1-8-20(19(9-13)22(25)28)29-12-21(27)26-15-4-5-16(26)11-18(10-15)30-17-6-2-14(24)3-7-17/h1-3,6-9,15-16,18H,4-5,10-12H2,(H2,25,28)/t15-,16+,18?. The zero-order valence-electron chi connectivity index (χ0n) is 16.2. The van der Waals surface area contributed by atoms with Crippen molar-refractivity contribution in [1.29, 1.82) is 0 Å². The molecule has 2 amide bonds. The van der Waals surface area contributed by atoms with Gasteiger partial charge in [-0.15, -0.1) is 0 Å². The molecule has 2 aromatic rings. The largest absolute Gasteiger partial charge is 0.490 e. The monoisotopic (exact) mass is 432 g/mol. The molecule has 2 aliphatic heterocycles. The molecule has 30 heavy (non-hydrogen) atoms. The van der Waals surface area contributed by atoms with E-state index in [1.165, 1.54) is 24.3 Å². The average Bonchev–Trinajstić information content (AvgIpc) is 2.99. The van der Waals surface area contributed by atoms with Crippen molar-refractivity contribution in [3.63, 3.8) is 0 Å². The Bertz CT molecular complexity index is 939. The quantitative estimate of drug-likeness (QED) is 0.756. The van der Waals surface area contributed by atoms with Gasteiger partial charge in [-0.3, -0.25) is 9.59 Å². The van der Waals surface area contributed by atoms with Gasteiger partial charge in [-0.1, -0.05) is 11.6 Å². The molecule has 2 fully saturated rings. The van der Waals surface area contributed by atoms with Crippen LogP contribution in [0.25, 0.3) is 0 Å². The summed E-state index contributed by atoms with van der Waals surface area (Å²) in [6, 6.07) is 10.7. The van der Waals surface area contributed by atoms with Crippen molar-refractivity contribution in [2.24, 2.45) is 5.73 Å². The van der Waals surface area contributed by atoms with Gasteiger partial charge < -0.3 is 20.1 Å². The molecule has 158 valence electrons. The predicted molar refractivity (Wildman–Crippen MR) is 109 cm³/mol. The third-order valence-corrected chi connectivity index (χ3v) is 5.89. The van der Waals surface area contributed by atoms with Crippen LogP contribution in [-0.4, -0.2) is 41.5 Å². The minimum Gasteiger partial charge on any atom is -0.490 e. The summed E-state index contributed by atoms with van der Waals surface area (Å²) >= 11 is 5.90. The molecular formula is C22H22ClFN2O4. The van der Waals surface area contributed by atoms with Gasteiger partial charge in [0.05, 0.1) is 5.56 Å². The van der Waals surface area contributed by atoms with Gasteiger partial charge in [0.1, 0.15) is 23.4 Å². The number of hydrogen-bond donors (Lipinski definition) is 1. The lowest BCUT2D eigenvalue weighted by Gasteiger charge is -2.38. The molecule has 6 nitrogen and oxygen atoms in total. The number of benzene rings is 2. The molecule has 2 bridgehead atoms. The van der Waals surface area contributed by atoms with Gasteiger partial charge in [-0.05, 0) is 55.3 Å². The molecule has 4 rings (SSSR count). The average molecular weight is 433 g/mol. The van der Waals surface area contributed by atoms with Crippen molar-refractivity contribution in [2.75, 3.05) is 6.61 Å². The number of rotatable bonds is 6. The van der Waals surface area contributed by atoms with E-state index in [1.807, 2.05) is 4.90 Å². The van der Waals surface area contributed by atoms with Crippen LogP contribution in [0.2, 0.25) is 5.02 Å². The van der Waals surface area contributed by atoms with Crippen LogP contribution in [0.4, 0.5) is 4.39 Å². The van der Waals surface area contributed by atoms with Gasteiger partial charge in [-0.25, -0.2) is 4.39 Å². The number of halogens is 2. The summed E-state index contributed by atoms with van der Waals surface area (Å²) in [4.78, 5) is 26.3. The predicted octanol–water partition coefficient (Wildman–Crippen LogP) is 3.56. The van der Waals surface area contributed by atoms with Crippen molar-refractivity contribution >= 4 is 23.4 Å².